The zero-order valence-electron chi connectivity index (χ0n) is 7.77. The highest BCUT2D eigenvalue weighted by molar-refractivity contribution is 5.78. The van der Waals surface area contributed by atoms with Crippen molar-refractivity contribution < 1.29 is 9.13 Å². The maximum atomic E-state index is 12.5. The lowest BCUT2D eigenvalue weighted by Gasteiger charge is -2.01. The molecule has 0 spiro atoms. The molecule has 0 saturated heterocycles. The van der Waals surface area contributed by atoms with Crippen molar-refractivity contribution in [1.29, 1.82) is 0 Å². The number of halogens is 1. The summed E-state index contributed by atoms with van der Waals surface area (Å²) in [4.78, 5) is 3.85. The number of hydrogen-bond acceptors (Lipinski definition) is 4. The van der Waals surface area contributed by atoms with E-state index in [9.17, 15) is 4.39 Å². The predicted molar refractivity (Wildman–Crippen MR) is 51.9 cm³/mol. The molecule has 14 heavy (non-hydrogen) atoms. The fourth-order valence-corrected chi connectivity index (χ4v) is 0.893. The van der Waals surface area contributed by atoms with E-state index in [-0.39, 0.29) is 5.82 Å². The summed E-state index contributed by atoms with van der Waals surface area (Å²) in [6.07, 6.45) is 1.51. The molecule has 0 unspecified atom stereocenters. The van der Waals surface area contributed by atoms with Gasteiger partial charge >= 0.3 is 0 Å². The second-order valence-electron chi connectivity index (χ2n) is 2.48. The number of hydrogen-bond donors (Lipinski definition) is 0. The van der Waals surface area contributed by atoms with Crippen LogP contribution in [0.25, 0.3) is 0 Å². The number of pyridine rings is 1. The molecule has 1 aromatic heterocycles. The first-order valence-electron chi connectivity index (χ1n) is 3.93. The molecule has 5 heteroatoms. The molecule has 0 N–H and O–H groups in total. The molecule has 0 aliphatic carbocycles. The Hall–Kier alpha value is -1.78. The minimum atomic E-state index is -0.369. The summed E-state index contributed by atoms with van der Waals surface area (Å²) in [6.45, 7) is 3.21. The van der Waals surface area contributed by atoms with Crippen molar-refractivity contribution in [3.8, 4) is 0 Å². The van der Waals surface area contributed by atoms with Crippen molar-refractivity contribution in [3.05, 3.63) is 29.8 Å². The van der Waals surface area contributed by atoms with Gasteiger partial charge in [-0.1, -0.05) is 0 Å². The molecule has 1 aromatic rings. The summed E-state index contributed by atoms with van der Waals surface area (Å²) in [5, 5.41) is 6.97. The van der Waals surface area contributed by atoms with E-state index in [1.165, 1.54) is 13.2 Å². The molecule has 0 aliphatic heterocycles. The van der Waals surface area contributed by atoms with Crippen LogP contribution in [0, 0.1) is 5.82 Å². The smallest absolute Gasteiger partial charge is 0.214 e. The van der Waals surface area contributed by atoms with E-state index >= 15 is 0 Å². The maximum Gasteiger partial charge on any atom is 0.214 e. The van der Waals surface area contributed by atoms with Crippen molar-refractivity contribution in [1.82, 2.24) is 4.98 Å². The van der Waals surface area contributed by atoms with E-state index < -0.39 is 0 Å². The lowest BCUT2D eigenvalue weighted by molar-refractivity contribution is 0.391. The van der Waals surface area contributed by atoms with Gasteiger partial charge in [0.2, 0.25) is 5.90 Å². The predicted octanol–water partition coefficient (Wildman–Crippen LogP) is 1.42. The van der Waals surface area contributed by atoms with Crippen LogP contribution in [0.2, 0.25) is 0 Å². The molecule has 0 aliphatic rings. The molecule has 0 bridgehead atoms. The number of aromatic nitrogens is 1. The Balaban J connectivity index is 2.72. The Labute approximate surface area is 81.2 Å². The number of nitrogens with zero attached hydrogens (tertiary/aromatic N) is 3. The molecule has 1 rings (SSSR count). The molecule has 0 aromatic carbocycles. The standard InChI is InChI=1S/C9H10FN3O/c1-11-13-9(14-2)5-8-4-3-7(10)6-12-8/h3-4,6H,1,5H2,2H3/b13-9-. The Bertz CT molecular complexity index is 334. The van der Waals surface area contributed by atoms with E-state index in [0.717, 1.165) is 6.20 Å². The number of methoxy groups -OCH3 is 1. The van der Waals surface area contributed by atoms with Gasteiger partial charge in [-0.25, -0.2) is 4.39 Å². The van der Waals surface area contributed by atoms with Crippen LogP contribution in [0.1, 0.15) is 5.69 Å². The molecule has 0 amide bonds. The van der Waals surface area contributed by atoms with Crippen molar-refractivity contribution in [2.24, 2.45) is 10.2 Å². The second-order valence-corrected chi connectivity index (χ2v) is 2.48. The number of ether oxygens (including phenoxy) is 1. The largest absolute Gasteiger partial charge is 0.483 e. The van der Waals surface area contributed by atoms with E-state index in [4.69, 9.17) is 4.74 Å². The average Bonchev–Trinajstić information content (AvgIpc) is 2.20. The second kappa shape index (κ2) is 5.06. The molecule has 4 nitrogen and oxygen atoms in total. The van der Waals surface area contributed by atoms with Crippen LogP contribution in [0.3, 0.4) is 0 Å². The lowest BCUT2D eigenvalue weighted by Crippen LogP contribution is -2.06. The van der Waals surface area contributed by atoms with Gasteiger partial charge in [-0.2, -0.15) is 5.10 Å². The first-order chi connectivity index (χ1) is 6.76. The lowest BCUT2D eigenvalue weighted by atomic mass is 10.3. The van der Waals surface area contributed by atoms with Gasteiger partial charge in [0.15, 0.2) is 0 Å². The third-order valence-electron chi connectivity index (χ3n) is 1.54. The monoisotopic (exact) mass is 195 g/mol. The van der Waals surface area contributed by atoms with Crippen molar-refractivity contribution >= 4 is 12.6 Å². The number of rotatable bonds is 3. The molecular weight excluding hydrogens is 185 g/mol. The Morgan fingerprint density at radius 3 is 2.93 bits per heavy atom. The van der Waals surface area contributed by atoms with Crippen LogP contribution in [0.4, 0.5) is 4.39 Å². The van der Waals surface area contributed by atoms with Crippen molar-refractivity contribution in [2.45, 2.75) is 6.42 Å². The van der Waals surface area contributed by atoms with Gasteiger partial charge in [-0.3, -0.25) is 4.98 Å². The van der Waals surface area contributed by atoms with Gasteiger partial charge < -0.3 is 4.74 Å². The topological polar surface area (TPSA) is 46.8 Å². The Morgan fingerprint density at radius 2 is 2.43 bits per heavy atom. The SMILES string of the molecule is C=N/N=C(/Cc1ccc(F)cn1)OC. The van der Waals surface area contributed by atoms with Gasteiger partial charge in [0.05, 0.1) is 19.7 Å². The zero-order chi connectivity index (χ0) is 10.4. The molecule has 74 valence electrons. The van der Waals surface area contributed by atoms with Crippen LogP contribution >= 0.6 is 0 Å². The molecule has 0 fully saturated rings. The normalized spacial score (nSPS) is 11.1. The van der Waals surface area contributed by atoms with Crippen molar-refractivity contribution in [2.75, 3.05) is 7.11 Å². The highest BCUT2D eigenvalue weighted by atomic mass is 19.1. The van der Waals surface area contributed by atoms with E-state index in [0.29, 0.717) is 18.0 Å². The Morgan fingerprint density at radius 1 is 1.64 bits per heavy atom. The van der Waals surface area contributed by atoms with E-state index in [1.807, 2.05) is 0 Å². The fraction of sp³-hybridized carbons (Fsp3) is 0.222. The van der Waals surface area contributed by atoms with Crippen LogP contribution in [0.15, 0.2) is 28.5 Å². The summed E-state index contributed by atoms with van der Waals surface area (Å²) in [5.41, 5.74) is 0.663. The van der Waals surface area contributed by atoms with Gasteiger partial charge in [0.25, 0.3) is 0 Å². The minimum Gasteiger partial charge on any atom is -0.483 e. The zero-order valence-corrected chi connectivity index (χ0v) is 7.77. The minimum absolute atomic E-state index is 0.369. The van der Waals surface area contributed by atoms with Crippen LogP contribution in [-0.2, 0) is 11.2 Å². The van der Waals surface area contributed by atoms with Gasteiger partial charge in [0, 0.05) is 12.4 Å². The van der Waals surface area contributed by atoms with E-state index in [1.54, 1.807) is 6.07 Å². The van der Waals surface area contributed by atoms with Crippen LogP contribution in [-0.4, -0.2) is 24.7 Å². The third-order valence-corrected chi connectivity index (χ3v) is 1.54. The summed E-state index contributed by atoms with van der Waals surface area (Å²) in [6, 6.07) is 2.89. The molecule has 1 heterocycles. The van der Waals surface area contributed by atoms with Crippen LogP contribution < -0.4 is 0 Å². The fourth-order valence-electron chi connectivity index (χ4n) is 0.893. The summed E-state index contributed by atoms with van der Waals surface area (Å²) < 4.78 is 17.4. The molecular formula is C9H10FN3O. The third kappa shape index (κ3) is 2.93. The van der Waals surface area contributed by atoms with Crippen molar-refractivity contribution in [3.63, 3.8) is 0 Å². The van der Waals surface area contributed by atoms with Gasteiger partial charge in [-0.15, -0.1) is 5.10 Å². The van der Waals surface area contributed by atoms with Gasteiger partial charge in [-0.05, 0) is 12.1 Å². The average molecular weight is 195 g/mol. The first kappa shape index (κ1) is 10.3. The molecule has 0 saturated carbocycles. The summed E-state index contributed by atoms with van der Waals surface area (Å²) in [5.74, 6) is 0.0191. The summed E-state index contributed by atoms with van der Waals surface area (Å²) >= 11 is 0. The maximum absolute atomic E-state index is 12.5. The van der Waals surface area contributed by atoms with Gasteiger partial charge in [0.1, 0.15) is 5.82 Å². The first-order valence-corrected chi connectivity index (χ1v) is 3.93. The highest BCUT2D eigenvalue weighted by Crippen LogP contribution is 2.00. The van der Waals surface area contributed by atoms with Crippen LogP contribution in [0.5, 0.6) is 0 Å². The Kier molecular flexibility index (Phi) is 3.72. The molecule has 0 atom stereocenters. The highest BCUT2D eigenvalue weighted by Gasteiger charge is 2.02. The van der Waals surface area contributed by atoms with E-state index in [2.05, 4.69) is 21.9 Å². The quantitative estimate of drug-likeness (QED) is 0.416. The summed E-state index contributed by atoms with van der Waals surface area (Å²) in [7, 11) is 1.48. The molecule has 0 radical (unpaired) electrons.